The van der Waals surface area contributed by atoms with E-state index < -0.39 is 5.97 Å². The molecule has 0 rings (SSSR count). The Morgan fingerprint density at radius 2 is 1.38 bits per heavy atom. The highest BCUT2D eigenvalue weighted by Crippen LogP contribution is 1.80. The summed E-state index contributed by atoms with van der Waals surface area (Å²) < 4.78 is 0. The summed E-state index contributed by atoms with van der Waals surface area (Å²) in [7, 11) is 0. The lowest BCUT2D eigenvalue weighted by Gasteiger charge is -2.11. The molecule has 6 N–H and O–H groups in total. The molecule has 0 unspecified atom stereocenters. The highest BCUT2D eigenvalue weighted by atomic mass is 32.1. The molecule has 0 saturated heterocycles. The molecule has 0 atom stereocenters. The monoisotopic (exact) mass is 338 g/mol. The van der Waals surface area contributed by atoms with E-state index in [1.807, 2.05) is 0 Å². The molecule has 0 aromatic carbocycles. The summed E-state index contributed by atoms with van der Waals surface area (Å²) >= 11 is 10.0. The van der Waals surface area contributed by atoms with E-state index in [2.05, 4.69) is 26.2 Å². The minimum Gasteiger partial charge on any atom is -0.481 e. The first-order chi connectivity index (χ1) is 10.1. The quantitative estimate of drug-likeness (QED) is 0.129. The fraction of sp³-hybridized carbons (Fsp3) is 0.727. The minimum absolute atomic E-state index is 0.0324. The number of carboxylic acids is 1. The molecular formula is C11H22N4O4S2. The normalized spacial score (nSPS) is 9.76. The second-order valence-corrected chi connectivity index (χ2v) is 4.87. The maximum Gasteiger partial charge on any atom is 0.305 e. The molecule has 0 heterocycles. The van der Waals surface area contributed by atoms with Gasteiger partial charge in [-0.05, 0) is 37.3 Å². The SMILES string of the molecule is O=C(O)CCNC(=S)NCCCNC(=S)NCCCOO. The summed E-state index contributed by atoms with van der Waals surface area (Å²) in [6.07, 6.45) is 1.50. The van der Waals surface area contributed by atoms with Gasteiger partial charge in [0, 0.05) is 26.2 Å². The van der Waals surface area contributed by atoms with Crippen LogP contribution in [0.1, 0.15) is 19.3 Å². The van der Waals surface area contributed by atoms with Gasteiger partial charge in [0.05, 0.1) is 13.0 Å². The molecule has 0 saturated carbocycles. The summed E-state index contributed by atoms with van der Waals surface area (Å²) in [6, 6.07) is 0. The molecule has 0 aliphatic carbocycles. The van der Waals surface area contributed by atoms with Crippen molar-refractivity contribution < 1.29 is 20.0 Å². The smallest absolute Gasteiger partial charge is 0.305 e. The zero-order chi connectivity index (χ0) is 15.9. The molecule has 0 bridgehead atoms. The molecule has 0 radical (unpaired) electrons. The topological polar surface area (TPSA) is 115 Å². The maximum absolute atomic E-state index is 10.3. The standard InChI is InChI=1S/C11H22N4O4S2/c16-9(17)3-7-15-11(21)13-5-1-4-12-10(20)14-6-2-8-19-18/h18H,1-8H2,(H,16,17)(H2,12,14,20)(H2,13,15,21). The van der Waals surface area contributed by atoms with Gasteiger partial charge in [0.1, 0.15) is 0 Å². The average molecular weight is 338 g/mol. The van der Waals surface area contributed by atoms with E-state index in [1.165, 1.54) is 0 Å². The zero-order valence-corrected chi connectivity index (χ0v) is 13.3. The first-order valence-corrected chi connectivity index (χ1v) is 7.39. The average Bonchev–Trinajstić information content (AvgIpc) is 2.43. The Hall–Kier alpha value is -1.23. The zero-order valence-electron chi connectivity index (χ0n) is 11.7. The number of aliphatic carboxylic acids is 1. The summed E-state index contributed by atoms with van der Waals surface area (Å²) in [5.41, 5.74) is 0. The Balaban J connectivity index is 3.36. The van der Waals surface area contributed by atoms with Crippen molar-refractivity contribution >= 4 is 40.6 Å². The van der Waals surface area contributed by atoms with Crippen LogP contribution in [0.25, 0.3) is 0 Å². The summed E-state index contributed by atoms with van der Waals surface area (Å²) in [5.74, 6) is -0.860. The predicted octanol–water partition coefficient (Wildman–Crippen LogP) is -0.341. The number of rotatable bonds is 11. The summed E-state index contributed by atoms with van der Waals surface area (Å²) in [5, 5.41) is 29.4. The van der Waals surface area contributed by atoms with Crippen molar-refractivity contribution in [1.82, 2.24) is 21.3 Å². The summed E-state index contributed by atoms with van der Waals surface area (Å²) in [6.45, 7) is 2.55. The van der Waals surface area contributed by atoms with Gasteiger partial charge in [0.2, 0.25) is 0 Å². The van der Waals surface area contributed by atoms with Crippen LogP contribution in [-0.4, -0.2) is 59.3 Å². The van der Waals surface area contributed by atoms with Gasteiger partial charge < -0.3 is 26.4 Å². The third kappa shape index (κ3) is 15.0. The van der Waals surface area contributed by atoms with Crippen molar-refractivity contribution in [3.8, 4) is 0 Å². The van der Waals surface area contributed by atoms with Gasteiger partial charge in [0.15, 0.2) is 10.2 Å². The fourth-order valence-corrected chi connectivity index (χ4v) is 1.65. The molecule has 21 heavy (non-hydrogen) atoms. The number of thiocarbonyl (C=S) groups is 2. The van der Waals surface area contributed by atoms with Crippen LogP contribution in [0, 0.1) is 0 Å². The number of nitrogens with one attached hydrogen (secondary N) is 4. The van der Waals surface area contributed by atoms with E-state index >= 15 is 0 Å². The Morgan fingerprint density at radius 3 is 1.86 bits per heavy atom. The van der Waals surface area contributed by atoms with Crippen molar-refractivity contribution in [1.29, 1.82) is 0 Å². The molecule has 0 aliphatic rings. The van der Waals surface area contributed by atoms with E-state index in [9.17, 15) is 4.79 Å². The highest BCUT2D eigenvalue weighted by Gasteiger charge is 1.99. The van der Waals surface area contributed by atoms with Gasteiger partial charge in [-0.25, -0.2) is 4.89 Å². The van der Waals surface area contributed by atoms with E-state index in [0.717, 1.165) is 6.42 Å². The molecule has 8 nitrogen and oxygen atoms in total. The molecular weight excluding hydrogens is 316 g/mol. The second kappa shape index (κ2) is 13.7. The molecule has 122 valence electrons. The number of hydrogen-bond donors (Lipinski definition) is 6. The molecule has 0 aromatic rings. The highest BCUT2D eigenvalue weighted by molar-refractivity contribution is 7.80. The van der Waals surface area contributed by atoms with Crippen LogP contribution in [0.5, 0.6) is 0 Å². The Labute approximate surface area is 134 Å². The van der Waals surface area contributed by atoms with Crippen molar-refractivity contribution in [3.05, 3.63) is 0 Å². The van der Waals surface area contributed by atoms with Crippen molar-refractivity contribution in [2.75, 3.05) is 32.8 Å². The van der Waals surface area contributed by atoms with Crippen LogP contribution in [-0.2, 0) is 9.68 Å². The molecule has 0 amide bonds. The third-order valence-electron chi connectivity index (χ3n) is 2.25. The van der Waals surface area contributed by atoms with Gasteiger partial charge in [-0.2, -0.15) is 0 Å². The van der Waals surface area contributed by atoms with Crippen LogP contribution >= 0.6 is 24.4 Å². The second-order valence-electron chi connectivity index (χ2n) is 4.05. The van der Waals surface area contributed by atoms with Crippen LogP contribution in [0.4, 0.5) is 0 Å². The lowest BCUT2D eigenvalue weighted by Crippen LogP contribution is -2.39. The minimum atomic E-state index is -0.860. The Morgan fingerprint density at radius 1 is 0.905 bits per heavy atom. The predicted molar refractivity (Wildman–Crippen MR) is 87.3 cm³/mol. The fourth-order valence-electron chi connectivity index (χ4n) is 1.24. The van der Waals surface area contributed by atoms with Gasteiger partial charge in [-0.1, -0.05) is 0 Å². The van der Waals surface area contributed by atoms with E-state index in [1.54, 1.807) is 0 Å². The first-order valence-electron chi connectivity index (χ1n) is 6.57. The van der Waals surface area contributed by atoms with Crippen molar-refractivity contribution in [2.24, 2.45) is 0 Å². The molecule has 0 fully saturated rings. The number of carboxylic acid groups (broad SMARTS) is 1. The van der Waals surface area contributed by atoms with Crippen molar-refractivity contribution in [3.63, 3.8) is 0 Å². The Kier molecular flexibility index (Phi) is 12.9. The molecule has 10 heteroatoms. The van der Waals surface area contributed by atoms with Crippen LogP contribution in [0.2, 0.25) is 0 Å². The van der Waals surface area contributed by atoms with Gasteiger partial charge in [0.25, 0.3) is 0 Å². The molecule has 0 aromatic heterocycles. The van der Waals surface area contributed by atoms with Gasteiger partial charge in [-0.3, -0.25) is 10.1 Å². The number of hydrogen-bond acceptors (Lipinski definition) is 5. The van der Waals surface area contributed by atoms with Crippen LogP contribution in [0.15, 0.2) is 0 Å². The Bertz CT molecular complexity index is 331. The van der Waals surface area contributed by atoms with E-state index in [-0.39, 0.29) is 13.0 Å². The van der Waals surface area contributed by atoms with Crippen LogP contribution in [0.3, 0.4) is 0 Å². The summed E-state index contributed by atoms with van der Waals surface area (Å²) in [4.78, 5) is 14.2. The van der Waals surface area contributed by atoms with Crippen LogP contribution < -0.4 is 21.3 Å². The molecule has 0 spiro atoms. The lowest BCUT2D eigenvalue weighted by atomic mass is 10.4. The lowest BCUT2D eigenvalue weighted by molar-refractivity contribution is -0.242. The van der Waals surface area contributed by atoms with Gasteiger partial charge >= 0.3 is 5.97 Å². The number of carbonyl (C=O) groups is 1. The van der Waals surface area contributed by atoms with Crippen molar-refractivity contribution in [2.45, 2.75) is 19.3 Å². The van der Waals surface area contributed by atoms with E-state index in [4.69, 9.17) is 34.8 Å². The first kappa shape index (κ1) is 19.8. The third-order valence-corrected chi connectivity index (χ3v) is 2.82. The maximum atomic E-state index is 10.3. The largest absolute Gasteiger partial charge is 0.481 e. The van der Waals surface area contributed by atoms with Gasteiger partial charge in [-0.15, -0.1) is 0 Å². The van der Waals surface area contributed by atoms with E-state index in [0.29, 0.717) is 42.8 Å². The molecule has 0 aliphatic heterocycles.